The summed E-state index contributed by atoms with van der Waals surface area (Å²) in [5.74, 6) is -0.912. The Morgan fingerprint density at radius 2 is 1.46 bits per heavy atom. The monoisotopic (exact) mass is 352 g/mol. The third-order valence-electron chi connectivity index (χ3n) is 3.67. The van der Waals surface area contributed by atoms with Crippen molar-refractivity contribution in [3.63, 3.8) is 0 Å². The van der Waals surface area contributed by atoms with Gasteiger partial charge in [0.25, 0.3) is 0 Å². The lowest BCUT2D eigenvalue weighted by atomic mass is 10.1. The first-order chi connectivity index (χ1) is 12.5. The summed E-state index contributed by atoms with van der Waals surface area (Å²) in [6.45, 7) is 0. The zero-order valence-corrected chi connectivity index (χ0v) is 14.2. The molecule has 0 saturated carbocycles. The molecule has 0 atom stereocenters. The topological polar surface area (TPSA) is 97.4 Å². The van der Waals surface area contributed by atoms with Crippen molar-refractivity contribution in [3.05, 3.63) is 95.2 Å². The van der Waals surface area contributed by atoms with E-state index in [4.69, 9.17) is 10.2 Å². The number of phenolic OH excluding ortho intramolecular Hbond substituents is 1. The average Bonchev–Trinajstić information content (AvgIpc) is 2.65. The second kappa shape index (κ2) is 9.78. The SMILES string of the molecule is O=C(O)c1ccc(O)cc1.[O-][n+]1ccc(CCCc2ccncc2)cc1. The number of nitrogens with zero attached hydrogens (tertiary/aromatic N) is 2. The summed E-state index contributed by atoms with van der Waals surface area (Å²) in [6, 6.07) is 13.2. The molecule has 2 N–H and O–H groups in total. The van der Waals surface area contributed by atoms with Gasteiger partial charge in [-0.25, -0.2) is 4.79 Å². The van der Waals surface area contributed by atoms with Crippen molar-refractivity contribution in [1.82, 2.24) is 4.98 Å². The molecule has 26 heavy (non-hydrogen) atoms. The molecule has 0 aliphatic heterocycles. The van der Waals surface area contributed by atoms with Gasteiger partial charge in [-0.2, -0.15) is 4.73 Å². The van der Waals surface area contributed by atoms with Crippen LogP contribution >= 0.6 is 0 Å². The van der Waals surface area contributed by atoms with Crippen LogP contribution in [0, 0.1) is 5.21 Å². The molecule has 0 bridgehead atoms. The fourth-order valence-electron chi connectivity index (χ4n) is 2.26. The highest BCUT2D eigenvalue weighted by molar-refractivity contribution is 5.87. The smallest absolute Gasteiger partial charge is 0.335 e. The van der Waals surface area contributed by atoms with Crippen LogP contribution in [0.2, 0.25) is 0 Å². The molecule has 0 unspecified atom stereocenters. The Hall–Kier alpha value is -3.41. The molecule has 0 aliphatic carbocycles. The fourth-order valence-corrected chi connectivity index (χ4v) is 2.26. The lowest BCUT2D eigenvalue weighted by Gasteiger charge is -2.02. The first-order valence-electron chi connectivity index (χ1n) is 8.13. The van der Waals surface area contributed by atoms with Gasteiger partial charge in [-0.1, -0.05) is 0 Å². The van der Waals surface area contributed by atoms with Gasteiger partial charge in [0.05, 0.1) is 5.56 Å². The second-order valence-electron chi connectivity index (χ2n) is 5.63. The Kier molecular flexibility index (Phi) is 7.12. The maximum atomic E-state index is 10.8. The lowest BCUT2D eigenvalue weighted by Crippen LogP contribution is -2.23. The van der Waals surface area contributed by atoms with Crippen molar-refractivity contribution in [3.8, 4) is 5.75 Å². The number of aryl methyl sites for hydroxylation is 2. The van der Waals surface area contributed by atoms with Crippen LogP contribution in [0.25, 0.3) is 0 Å². The van der Waals surface area contributed by atoms with Crippen molar-refractivity contribution < 1.29 is 19.7 Å². The predicted octanol–water partition coefficient (Wildman–Crippen LogP) is 2.98. The van der Waals surface area contributed by atoms with Crippen LogP contribution in [-0.2, 0) is 12.8 Å². The number of hydrogen-bond donors (Lipinski definition) is 2. The van der Waals surface area contributed by atoms with Crippen LogP contribution in [0.4, 0.5) is 0 Å². The van der Waals surface area contributed by atoms with E-state index in [2.05, 4.69) is 4.98 Å². The quantitative estimate of drug-likeness (QED) is 0.543. The molecule has 3 rings (SSSR count). The van der Waals surface area contributed by atoms with Gasteiger partial charge >= 0.3 is 5.97 Å². The van der Waals surface area contributed by atoms with Crippen LogP contribution in [0.15, 0.2) is 73.3 Å². The standard InChI is InChI=1S/C13H14N2O.C7H6O3/c16-15-10-6-13(7-11-15)3-1-2-12-4-8-14-9-5-12;8-6-3-1-5(2-4-6)7(9)10/h4-11H,1-3H2;1-4,8H,(H,9,10). The Balaban J connectivity index is 0.000000209. The molecule has 1 aromatic carbocycles. The van der Waals surface area contributed by atoms with E-state index in [-0.39, 0.29) is 11.3 Å². The zero-order chi connectivity index (χ0) is 18.8. The van der Waals surface area contributed by atoms with Crippen molar-refractivity contribution >= 4 is 5.97 Å². The lowest BCUT2D eigenvalue weighted by molar-refractivity contribution is -0.605. The summed E-state index contributed by atoms with van der Waals surface area (Å²) in [6.07, 6.45) is 9.87. The molecule has 0 radical (unpaired) electrons. The normalized spacial score (nSPS) is 9.85. The Bertz CT molecular complexity index is 803. The molecule has 0 fully saturated rings. The second-order valence-corrected chi connectivity index (χ2v) is 5.63. The van der Waals surface area contributed by atoms with Gasteiger partial charge in [-0.05, 0) is 66.8 Å². The predicted molar refractivity (Wildman–Crippen MR) is 96.7 cm³/mol. The number of hydrogen-bond acceptors (Lipinski definition) is 4. The molecule has 0 amide bonds. The molecule has 3 aromatic rings. The first-order valence-corrected chi connectivity index (χ1v) is 8.13. The number of phenols is 1. The molecule has 0 aliphatic rings. The largest absolute Gasteiger partial charge is 0.619 e. The Labute approximate surface area is 151 Å². The van der Waals surface area contributed by atoms with E-state index in [1.807, 2.05) is 36.7 Å². The summed E-state index contributed by atoms with van der Waals surface area (Å²) >= 11 is 0. The minimum atomic E-state index is -0.986. The Morgan fingerprint density at radius 1 is 0.923 bits per heavy atom. The number of carbonyl (C=O) groups is 1. The van der Waals surface area contributed by atoms with E-state index in [1.54, 1.807) is 12.4 Å². The third-order valence-corrected chi connectivity index (χ3v) is 3.67. The maximum Gasteiger partial charge on any atom is 0.335 e. The third kappa shape index (κ3) is 6.60. The molecule has 0 spiro atoms. The van der Waals surface area contributed by atoms with Crippen molar-refractivity contribution in [1.29, 1.82) is 0 Å². The number of aromatic nitrogens is 2. The summed E-state index contributed by atoms with van der Waals surface area (Å²) in [5.41, 5.74) is 2.70. The Morgan fingerprint density at radius 3 is 2.00 bits per heavy atom. The van der Waals surface area contributed by atoms with Crippen molar-refractivity contribution in [2.75, 3.05) is 0 Å². The maximum absolute atomic E-state index is 10.8. The number of carboxylic acids is 1. The van der Waals surface area contributed by atoms with Gasteiger partial charge in [0, 0.05) is 24.5 Å². The number of pyridine rings is 2. The van der Waals surface area contributed by atoms with Crippen LogP contribution in [0.5, 0.6) is 5.75 Å². The first kappa shape index (κ1) is 18.9. The van der Waals surface area contributed by atoms with Crippen LogP contribution in [0.3, 0.4) is 0 Å². The summed E-state index contributed by atoms with van der Waals surface area (Å²) in [7, 11) is 0. The minimum absolute atomic E-state index is 0.0741. The number of rotatable bonds is 5. The molecule has 2 aromatic heterocycles. The van der Waals surface area contributed by atoms with Crippen LogP contribution in [-0.4, -0.2) is 21.2 Å². The van der Waals surface area contributed by atoms with Crippen LogP contribution < -0.4 is 4.73 Å². The number of aromatic carboxylic acids is 1. The summed E-state index contributed by atoms with van der Waals surface area (Å²) < 4.78 is 0.812. The number of carboxylic acid groups (broad SMARTS) is 1. The van der Waals surface area contributed by atoms with Crippen molar-refractivity contribution in [2.24, 2.45) is 0 Å². The van der Waals surface area contributed by atoms with E-state index < -0.39 is 5.97 Å². The molecule has 2 heterocycles. The summed E-state index contributed by atoms with van der Waals surface area (Å²) in [5, 5.41) is 28.0. The number of benzene rings is 1. The van der Waals surface area contributed by atoms with Gasteiger partial charge in [0.2, 0.25) is 0 Å². The molecule has 6 heteroatoms. The average molecular weight is 352 g/mol. The van der Waals surface area contributed by atoms with Gasteiger partial charge in [0.15, 0.2) is 12.4 Å². The fraction of sp³-hybridized carbons (Fsp3) is 0.150. The molecular formula is C20H20N2O4. The van der Waals surface area contributed by atoms with Crippen molar-refractivity contribution in [2.45, 2.75) is 19.3 Å². The van der Waals surface area contributed by atoms with E-state index in [1.165, 1.54) is 35.4 Å². The highest BCUT2D eigenvalue weighted by Gasteiger charge is 1.99. The summed E-state index contributed by atoms with van der Waals surface area (Å²) in [4.78, 5) is 14.2. The number of aromatic hydroxyl groups is 1. The molecular weight excluding hydrogens is 332 g/mol. The van der Waals surface area contributed by atoms with Crippen LogP contribution in [0.1, 0.15) is 27.9 Å². The van der Waals surface area contributed by atoms with Gasteiger partial charge in [0.1, 0.15) is 5.75 Å². The molecule has 0 saturated heterocycles. The van der Waals surface area contributed by atoms with Gasteiger partial charge in [-0.15, -0.1) is 0 Å². The van der Waals surface area contributed by atoms with Gasteiger partial charge < -0.3 is 15.4 Å². The van der Waals surface area contributed by atoms with E-state index in [9.17, 15) is 10.0 Å². The molecule has 134 valence electrons. The van der Waals surface area contributed by atoms with E-state index in [0.717, 1.165) is 24.0 Å². The highest BCUT2D eigenvalue weighted by atomic mass is 16.5. The zero-order valence-electron chi connectivity index (χ0n) is 14.2. The van der Waals surface area contributed by atoms with E-state index >= 15 is 0 Å². The highest BCUT2D eigenvalue weighted by Crippen LogP contribution is 2.09. The van der Waals surface area contributed by atoms with E-state index in [0.29, 0.717) is 0 Å². The van der Waals surface area contributed by atoms with Gasteiger partial charge in [-0.3, -0.25) is 4.98 Å². The minimum Gasteiger partial charge on any atom is -0.619 e. The molecule has 6 nitrogen and oxygen atoms in total.